The van der Waals surface area contributed by atoms with Crippen LogP contribution in [0.15, 0.2) is 53.9 Å². The van der Waals surface area contributed by atoms with E-state index in [0.29, 0.717) is 17.8 Å². The Morgan fingerprint density at radius 1 is 1.30 bits per heavy atom. The molecule has 3 N–H and O–H groups in total. The number of hydrogen-bond acceptors (Lipinski definition) is 2. The Balaban J connectivity index is 2.92. The predicted octanol–water partition coefficient (Wildman–Crippen LogP) is 3.11. The Bertz CT molecular complexity index is 542. The van der Waals surface area contributed by atoms with Crippen molar-refractivity contribution in [2.75, 3.05) is 0 Å². The van der Waals surface area contributed by atoms with Crippen molar-refractivity contribution in [1.29, 1.82) is 0 Å². The van der Waals surface area contributed by atoms with Crippen LogP contribution in [0.25, 0.3) is 5.57 Å². The van der Waals surface area contributed by atoms with Gasteiger partial charge in [-0.15, -0.1) is 0 Å². The lowest BCUT2D eigenvalue weighted by Gasteiger charge is -2.05. The van der Waals surface area contributed by atoms with Crippen LogP contribution in [0.2, 0.25) is 0 Å². The summed E-state index contributed by atoms with van der Waals surface area (Å²) in [7, 11) is 0. The van der Waals surface area contributed by atoms with Gasteiger partial charge in [0.15, 0.2) is 0 Å². The van der Waals surface area contributed by atoms with E-state index in [1.807, 2.05) is 26.0 Å². The fraction of sp³-hybridized carbons (Fsp3) is 0.188. The summed E-state index contributed by atoms with van der Waals surface area (Å²) in [6, 6.07) is 6.24. The van der Waals surface area contributed by atoms with Crippen LogP contribution in [0.5, 0.6) is 0 Å². The van der Waals surface area contributed by atoms with Crippen LogP contribution in [0.4, 0.5) is 4.39 Å². The van der Waals surface area contributed by atoms with Crippen LogP contribution in [-0.2, 0) is 4.79 Å². The van der Waals surface area contributed by atoms with Crippen molar-refractivity contribution in [1.82, 2.24) is 5.32 Å². The fourth-order valence-electron chi connectivity index (χ4n) is 1.64. The van der Waals surface area contributed by atoms with Crippen molar-refractivity contribution >= 4 is 12.0 Å². The summed E-state index contributed by atoms with van der Waals surface area (Å²) in [5.41, 5.74) is 8.84. The summed E-state index contributed by atoms with van der Waals surface area (Å²) in [4.78, 5) is 10.5. The van der Waals surface area contributed by atoms with Crippen LogP contribution >= 0.6 is 0 Å². The quantitative estimate of drug-likeness (QED) is 0.618. The summed E-state index contributed by atoms with van der Waals surface area (Å²) < 4.78 is 12.8. The molecule has 0 aliphatic carbocycles. The van der Waals surface area contributed by atoms with E-state index in [-0.39, 0.29) is 5.82 Å². The van der Waals surface area contributed by atoms with Gasteiger partial charge in [-0.05, 0) is 42.7 Å². The molecule has 1 aromatic rings. The largest absolute Gasteiger partial charge is 0.397 e. The van der Waals surface area contributed by atoms with Crippen molar-refractivity contribution in [3.63, 3.8) is 0 Å². The van der Waals surface area contributed by atoms with E-state index in [1.54, 1.807) is 18.2 Å². The molecule has 0 unspecified atom stereocenters. The molecule has 0 bridgehead atoms. The summed E-state index contributed by atoms with van der Waals surface area (Å²) in [6.07, 6.45) is 6.75. The lowest BCUT2D eigenvalue weighted by atomic mass is 10.1. The van der Waals surface area contributed by atoms with Crippen LogP contribution in [0, 0.1) is 5.82 Å². The third-order valence-corrected chi connectivity index (χ3v) is 2.75. The molecular formula is C16H19FN2O. The smallest absolute Gasteiger partial charge is 0.211 e. The average Bonchev–Trinajstić information content (AvgIpc) is 2.45. The Kier molecular flexibility index (Phi) is 6.23. The number of rotatable bonds is 6. The first-order valence-electron chi connectivity index (χ1n) is 6.39. The molecule has 0 atom stereocenters. The van der Waals surface area contributed by atoms with Crippen LogP contribution in [0.1, 0.15) is 25.8 Å². The number of halogens is 1. The minimum absolute atomic E-state index is 0.264. The number of allylic oxidation sites excluding steroid dienone is 4. The van der Waals surface area contributed by atoms with E-state index in [4.69, 9.17) is 5.73 Å². The van der Waals surface area contributed by atoms with Crippen molar-refractivity contribution < 1.29 is 9.18 Å². The molecule has 0 spiro atoms. The maximum atomic E-state index is 12.8. The van der Waals surface area contributed by atoms with Crippen molar-refractivity contribution in [3.8, 4) is 0 Å². The summed E-state index contributed by atoms with van der Waals surface area (Å²) in [6.45, 7) is 3.87. The summed E-state index contributed by atoms with van der Waals surface area (Å²) >= 11 is 0. The average molecular weight is 274 g/mol. The third kappa shape index (κ3) is 4.72. The van der Waals surface area contributed by atoms with E-state index in [9.17, 15) is 9.18 Å². The first-order chi connectivity index (χ1) is 9.58. The fourth-order valence-corrected chi connectivity index (χ4v) is 1.64. The van der Waals surface area contributed by atoms with E-state index >= 15 is 0 Å². The molecule has 106 valence electrons. The van der Waals surface area contributed by atoms with Crippen molar-refractivity contribution in [2.45, 2.75) is 20.3 Å². The van der Waals surface area contributed by atoms with Gasteiger partial charge in [0.25, 0.3) is 0 Å². The molecule has 0 radical (unpaired) electrons. The molecule has 0 fully saturated rings. The molecule has 20 heavy (non-hydrogen) atoms. The van der Waals surface area contributed by atoms with Crippen LogP contribution in [0.3, 0.4) is 0 Å². The molecule has 0 aliphatic heterocycles. The number of amides is 1. The lowest BCUT2D eigenvalue weighted by Crippen LogP contribution is -2.16. The van der Waals surface area contributed by atoms with Gasteiger partial charge in [0.05, 0.1) is 11.4 Å². The normalized spacial score (nSPS) is 13.2. The SMILES string of the molecule is CC/C=C(NC=O)/C(N)=C\C=C(/C)c1ccc(F)cc1. The molecule has 0 aliphatic rings. The third-order valence-electron chi connectivity index (χ3n) is 2.75. The van der Waals surface area contributed by atoms with Gasteiger partial charge in [0, 0.05) is 0 Å². The maximum Gasteiger partial charge on any atom is 0.211 e. The molecule has 0 saturated heterocycles. The van der Waals surface area contributed by atoms with Gasteiger partial charge >= 0.3 is 0 Å². The molecule has 4 heteroatoms. The first-order valence-corrected chi connectivity index (χ1v) is 6.39. The van der Waals surface area contributed by atoms with Crippen LogP contribution < -0.4 is 11.1 Å². The molecular weight excluding hydrogens is 255 g/mol. The zero-order chi connectivity index (χ0) is 15.0. The number of nitrogens with two attached hydrogens (primary N) is 1. The number of benzene rings is 1. The zero-order valence-electron chi connectivity index (χ0n) is 11.7. The van der Waals surface area contributed by atoms with Gasteiger partial charge in [-0.3, -0.25) is 4.79 Å². The van der Waals surface area contributed by atoms with Crippen molar-refractivity contribution in [3.05, 3.63) is 65.3 Å². The highest BCUT2D eigenvalue weighted by Gasteiger charge is 1.99. The standard InChI is InChI=1S/C16H19FN2O/c1-3-4-16(19-11-20)15(18)10-5-12(2)13-6-8-14(17)9-7-13/h4-11H,3,18H2,1-2H3,(H,19,20)/b12-5+,15-10+,16-4-. The predicted molar refractivity (Wildman–Crippen MR) is 79.9 cm³/mol. The van der Waals surface area contributed by atoms with Gasteiger partial charge in [-0.25, -0.2) is 4.39 Å². The number of hydrogen-bond donors (Lipinski definition) is 2. The zero-order valence-corrected chi connectivity index (χ0v) is 11.7. The molecule has 0 heterocycles. The summed E-state index contributed by atoms with van der Waals surface area (Å²) in [5, 5.41) is 2.56. The monoisotopic (exact) mass is 274 g/mol. The van der Waals surface area contributed by atoms with Gasteiger partial charge in [0.2, 0.25) is 6.41 Å². The van der Waals surface area contributed by atoms with Gasteiger partial charge in [-0.1, -0.05) is 31.2 Å². The highest BCUT2D eigenvalue weighted by molar-refractivity contribution is 5.65. The molecule has 1 aromatic carbocycles. The second-order valence-corrected chi connectivity index (χ2v) is 4.27. The molecule has 1 rings (SSSR count). The maximum absolute atomic E-state index is 12.8. The lowest BCUT2D eigenvalue weighted by molar-refractivity contribution is -0.108. The van der Waals surface area contributed by atoms with E-state index in [1.165, 1.54) is 12.1 Å². The topological polar surface area (TPSA) is 55.1 Å². The number of nitrogens with one attached hydrogen (secondary N) is 1. The van der Waals surface area contributed by atoms with Gasteiger partial charge < -0.3 is 11.1 Å². The first kappa shape index (κ1) is 15.7. The highest BCUT2D eigenvalue weighted by atomic mass is 19.1. The Labute approximate surface area is 118 Å². The van der Waals surface area contributed by atoms with Crippen LogP contribution in [-0.4, -0.2) is 6.41 Å². The summed E-state index contributed by atoms with van der Waals surface area (Å²) in [5.74, 6) is -0.264. The second kappa shape index (κ2) is 7.94. The van der Waals surface area contributed by atoms with Gasteiger partial charge in [-0.2, -0.15) is 0 Å². The second-order valence-electron chi connectivity index (χ2n) is 4.27. The van der Waals surface area contributed by atoms with E-state index in [0.717, 1.165) is 17.6 Å². The van der Waals surface area contributed by atoms with E-state index in [2.05, 4.69) is 5.32 Å². The highest BCUT2D eigenvalue weighted by Crippen LogP contribution is 2.15. The molecule has 0 saturated carbocycles. The Morgan fingerprint density at radius 3 is 2.50 bits per heavy atom. The van der Waals surface area contributed by atoms with Crippen molar-refractivity contribution in [2.24, 2.45) is 5.73 Å². The molecule has 3 nitrogen and oxygen atoms in total. The molecule has 1 amide bonds. The Morgan fingerprint density at radius 2 is 1.95 bits per heavy atom. The minimum atomic E-state index is -0.264. The number of carbonyl (C=O) groups excluding carboxylic acids is 1. The molecule has 0 aromatic heterocycles. The van der Waals surface area contributed by atoms with E-state index < -0.39 is 0 Å². The van der Waals surface area contributed by atoms with Gasteiger partial charge in [0.1, 0.15) is 5.82 Å². The minimum Gasteiger partial charge on any atom is -0.397 e. The Hall–Kier alpha value is -2.36. The number of carbonyl (C=O) groups is 1.